The summed E-state index contributed by atoms with van der Waals surface area (Å²) in [6.07, 6.45) is 1.64. The van der Waals surface area contributed by atoms with Crippen LogP contribution in [0.2, 0.25) is 5.02 Å². The van der Waals surface area contributed by atoms with E-state index in [9.17, 15) is 9.59 Å². The fraction of sp³-hybridized carbons (Fsp3) is 0.0588. The van der Waals surface area contributed by atoms with Crippen molar-refractivity contribution in [3.8, 4) is 0 Å². The SMILES string of the molecule is O=C1S/C(=C/c2ccccc2Cl)C(=O)N1CNc1ccccc1Br. The number of nitrogens with one attached hydrogen (secondary N) is 1. The Morgan fingerprint density at radius 3 is 2.58 bits per heavy atom. The van der Waals surface area contributed by atoms with Crippen molar-refractivity contribution in [1.29, 1.82) is 0 Å². The molecule has 0 bridgehead atoms. The van der Waals surface area contributed by atoms with Gasteiger partial charge in [0, 0.05) is 15.2 Å². The molecule has 122 valence electrons. The molecule has 0 spiro atoms. The molecule has 2 amide bonds. The number of nitrogens with zero attached hydrogens (tertiary/aromatic N) is 1. The van der Waals surface area contributed by atoms with Crippen LogP contribution in [0.25, 0.3) is 6.08 Å². The summed E-state index contributed by atoms with van der Waals surface area (Å²) in [4.78, 5) is 26.1. The molecular formula is C17H12BrClN2O2S. The Hall–Kier alpha value is -1.76. The zero-order valence-corrected chi connectivity index (χ0v) is 15.5. The number of imide groups is 1. The normalized spacial score (nSPS) is 16.1. The Kier molecular flexibility index (Phi) is 5.28. The molecular weight excluding hydrogens is 412 g/mol. The molecule has 2 aromatic rings. The second kappa shape index (κ2) is 7.42. The number of benzene rings is 2. The Bertz CT molecular complexity index is 841. The molecule has 4 nitrogen and oxygen atoms in total. The van der Waals surface area contributed by atoms with Crippen LogP contribution < -0.4 is 5.32 Å². The Balaban J connectivity index is 1.75. The van der Waals surface area contributed by atoms with Gasteiger partial charge in [0.05, 0.1) is 11.6 Å². The van der Waals surface area contributed by atoms with Gasteiger partial charge in [0.1, 0.15) is 0 Å². The molecule has 0 aliphatic carbocycles. The van der Waals surface area contributed by atoms with Crippen LogP contribution in [0.3, 0.4) is 0 Å². The monoisotopic (exact) mass is 422 g/mol. The number of carbonyl (C=O) groups excluding carboxylic acids is 2. The molecule has 0 aromatic heterocycles. The highest BCUT2D eigenvalue weighted by Gasteiger charge is 2.34. The van der Waals surface area contributed by atoms with Crippen molar-refractivity contribution in [3.63, 3.8) is 0 Å². The predicted octanol–water partition coefficient (Wildman–Crippen LogP) is 5.21. The Labute approximate surface area is 157 Å². The fourth-order valence-electron chi connectivity index (χ4n) is 2.14. The number of amides is 2. The first-order valence-electron chi connectivity index (χ1n) is 7.04. The van der Waals surface area contributed by atoms with Gasteiger partial charge in [-0.15, -0.1) is 0 Å². The number of rotatable bonds is 4. The first-order valence-corrected chi connectivity index (χ1v) is 9.03. The smallest absolute Gasteiger partial charge is 0.295 e. The highest BCUT2D eigenvalue weighted by Crippen LogP contribution is 2.33. The third kappa shape index (κ3) is 3.66. The van der Waals surface area contributed by atoms with E-state index >= 15 is 0 Å². The maximum Gasteiger partial charge on any atom is 0.295 e. The molecule has 1 N–H and O–H groups in total. The molecule has 1 aliphatic heterocycles. The van der Waals surface area contributed by atoms with Gasteiger partial charge in [-0.2, -0.15) is 0 Å². The fourth-order valence-corrected chi connectivity index (χ4v) is 3.58. The van der Waals surface area contributed by atoms with Crippen LogP contribution in [0, 0.1) is 0 Å². The van der Waals surface area contributed by atoms with Crippen LogP contribution >= 0.6 is 39.3 Å². The van der Waals surface area contributed by atoms with Gasteiger partial charge in [0.2, 0.25) is 0 Å². The molecule has 1 aliphatic rings. The third-order valence-corrected chi connectivity index (χ3v) is 5.31. The van der Waals surface area contributed by atoms with Crippen LogP contribution in [0.15, 0.2) is 57.9 Å². The highest BCUT2D eigenvalue weighted by molar-refractivity contribution is 9.10. The summed E-state index contributed by atoms with van der Waals surface area (Å²) >= 11 is 10.4. The third-order valence-electron chi connectivity index (χ3n) is 3.37. The van der Waals surface area contributed by atoms with Crippen LogP contribution in [0.1, 0.15) is 5.56 Å². The van der Waals surface area contributed by atoms with E-state index in [-0.39, 0.29) is 17.8 Å². The summed E-state index contributed by atoms with van der Waals surface area (Å²) in [6, 6.07) is 14.7. The number of hydrogen-bond donors (Lipinski definition) is 1. The molecule has 1 fully saturated rings. The lowest BCUT2D eigenvalue weighted by Crippen LogP contribution is -2.33. The van der Waals surface area contributed by atoms with E-state index in [4.69, 9.17) is 11.6 Å². The molecule has 3 rings (SSSR count). The number of anilines is 1. The average Bonchev–Trinajstić information content (AvgIpc) is 2.83. The van der Waals surface area contributed by atoms with Crippen molar-refractivity contribution in [2.24, 2.45) is 0 Å². The van der Waals surface area contributed by atoms with Crippen LogP contribution in [0.5, 0.6) is 0 Å². The number of thioether (sulfide) groups is 1. The second-order valence-corrected chi connectivity index (χ2v) is 7.20. The summed E-state index contributed by atoms with van der Waals surface area (Å²) in [5.74, 6) is -0.329. The van der Waals surface area contributed by atoms with Crippen LogP contribution in [-0.4, -0.2) is 22.7 Å². The van der Waals surface area contributed by atoms with Crippen molar-refractivity contribution >= 4 is 62.2 Å². The van der Waals surface area contributed by atoms with Gasteiger partial charge in [0.25, 0.3) is 11.1 Å². The van der Waals surface area contributed by atoms with Gasteiger partial charge in [-0.25, -0.2) is 0 Å². The molecule has 2 aromatic carbocycles. The van der Waals surface area contributed by atoms with Gasteiger partial charge in [-0.3, -0.25) is 14.5 Å². The Morgan fingerprint density at radius 1 is 1.12 bits per heavy atom. The minimum atomic E-state index is -0.329. The predicted molar refractivity (Wildman–Crippen MR) is 102 cm³/mol. The molecule has 24 heavy (non-hydrogen) atoms. The summed E-state index contributed by atoms with van der Waals surface area (Å²) in [6.45, 7) is 0.104. The van der Waals surface area contributed by atoms with E-state index in [2.05, 4.69) is 21.2 Å². The molecule has 0 atom stereocenters. The van der Waals surface area contributed by atoms with E-state index < -0.39 is 0 Å². The summed E-state index contributed by atoms with van der Waals surface area (Å²) < 4.78 is 0.864. The average molecular weight is 424 g/mol. The maximum absolute atomic E-state index is 12.5. The van der Waals surface area contributed by atoms with E-state index in [0.29, 0.717) is 15.5 Å². The lowest BCUT2D eigenvalue weighted by Gasteiger charge is -2.15. The quantitative estimate of drug-likeness (QED) is 0.686. The first kappa shape index (κ1) is 17.1. The number of halogens is 2. The number of para-hydroxylation sites is 1. The molecule has 0 radical (unpaired) electrons. The van der Waals surface area contributed by atoms with Crippen molar-refractivity contribution in [3.05, 3.63) is 68.5 Å². The lowest BCUT2D eigenvalue weighted by molar-refractivity contribution is -0.122. The Morgan fingerprint density at radius 2 is 1.83 bits per heavy atom. The highest BCUT2D eigenvalue weighted by atomic mass is 79.9. The van der Waals surface area contributed by atoms with Crippen molar-refractivity contribution < 1.29 is 9.59 Å². The van der Waals surface area contributed by atoms with Crippen LogP contribution in [-0.2, 0) is 4.79 Å². The zero-order chi connectivity index (χ0) is 17.1. The van der Waals surface area contributed by atoms with Crippen molar-refractivity contribution in [2.75, 3.05) is 12.0 Å². The van der Waals surface area contributed by atoms with Gasteiger partial charge in [0.15, 0.2) is 0 Å². The first-order chi connectivity index (χ1) is 11.6. The number of hydrogen-bond acceptors (Lipinski definition) is 4. The zero-order valence-electron chi connectivity index (χ0n) is 12.3. The lowest BCUT2D eigenvalue weighted by atomic mass is 10.2. The van der Waals surface area contributed by atoms with E-state index in [1.165, 1.54) is 4.90 Å². The second-order valence-electron chi connectivity index (χ2n) is 4.95. The summed E-state index contributed by atoms with van der Waals surface area (Å²) in [7, 11) is 0. The minimum Gasteiger partial charge on any atom is -0.366 e. The van der Waals surface area contributed by atoms with Gasteiger partial charge >= 0.3 is 0 Å². The molecule has 0 saturated carbocycles. The van der Waals surface area contributed by atoms with Crippen molar-refractivity contribution in [1.82, 2.24) is 4.90 Å². The topological polar surface area (TPSA) is 49.4 Å². The molecule has 7 heteroatoms. The molecule has 0 unspecified atom stereocenters. The van der Waals surface area contributed by atoms with E-state index in [1.807, 2.05) is 36.4 Å². The largest absolute Gasteiger partial charge is 0.366 e. The molecule has 1 saturated heterocycles. The molecule has 1 heterocycles. The number of carbonyl (C=O) groups is 2. The van der Waals surface area contributed by atoms with Crippen molar-refractivity contribution in [2.45, 2.75) is 0 Å². The van der Waals surface area contributed by atoms with Gasteiger partial charge in [-0.05, 0) is 57.5 Å². The maximum atomic E-state index is 12.5. The van der Waals surface area contributed by atoms with E-state index in [1.54, 1.807) is 18.2 Å². The van der Waals surface area contributed by atoms with Gasteiger partial charge in [-0.1, -0.05) is 41.9 Å². The van der Waals surface area contributed by atoms with Gasteiger partial charge < -0.3 is 5.32 Å². The van der Waals surface area contributed by atoms with E-state index in [0.717, 1.165) is 21.9 Å². The summed E-state index contributed by atoms with van der Waals surface area (Å²) in [5.41, 5.74) is 1.52. The standard InChI is InChI=1S/C17H12BrClN2O2S/c18-12-6-2-4-8-14(12)20-10-21-16(22)15(24-17(21)23)9-11-5-1-3-7-13(11)19/h1-9,20H,10H2/b15-9+. The van der Waals surface area contributed by atoms with Crippen LogP contribution in [0.4, 0.5) is 10.5 Å². The minimum absolute atomic E-state index is 0.104. The summed E-state index contributed by atoms with van der Waals surface area (Å²) in [5, 5.41) is 3.31.